The van der Waals surface area contributed by atoms with Gasteiger partial charge in [0.25, 0.3) is 11.5 Å². The molecule has 0 atom stereocenters. The van der Waals surface area contributed by atoms with Gasteiger partial charge in [0.15, 0.2) is 0 Å². The Balaban J connectivity index is 1.29. The summed E-state index contributed by atoms with van der Waals surface area (Å²) in [5, 5.41) is 13.8. The maximum atomic E-state index is 13.9. The van der Waals surface area contributed by atoms with Gasteiger partial charge in [0.2, 0.25) is 0 Å². The van der Waals surface area contributed by atoms with Gasteiger partial charge in [-0.15, -0.1) is 0 Å². The Morgan fingerprint density at radius 2 is 1.91 bits per heavy atom. The van der Waals surface area contributed by atoms with Crippen LogP contribution in [0.5, 0.6) is 0 Å². The van der Waals surface area contributed by atoms with E-state index in [1.807, 2.05) is 18.2 Å². The van der Waals surface area contributed by atoms with Crippen molar-refractivity contribution in [1.82, 2.24) is 19.4 Å². The smallest absolute Gasteiger partial charge is 0.275 e. The molecule has 3 aromatic heterocycles. The van der Waals surface area contributed by atoms with Crippen LogP contribution in [0.3, 0.4) is 0 Å². The van der Waals surface area contributed by atoms with Crippen molar-refractivity contribution in [2.24, 2.45) is 12.5 Å². The van der Waals surface area contributed by atoms with Gasteiger partial charge in [0, 0.05) is 70.4 Å². The summed E-state index contributed by atoms with van der Waals surface area (Å²) in [5.74, 6) is 0.793. The zero-order chi connectivity index (χ0) is 31.9. The van der Waals surface area contributed by atoms with Crippen molar-refractivity contribution in [3.05, 3.63) is 82.7 Å². The number of aliphatic hydroxyl groups excluding tert-OH is 1. The maximum absolute atomic E-state index is 13.9. The molecule has 236 valence electrons. The number of carbonyl (C=O) groups excluding carboxylic acids is 1. The van der Waals surface area contributed by atoms with Crippen molar-refractivity contribution in [3.8, 4) is 11.1 Å². The van der Waals surface area contributed by atoms with E-state index in [0.29, 0.717) is 52.8 Å². The van der Waals surface area contributed by atoms with Gasteiger partial charge < -0.3 is 29.5 Å². The summed E-state index contributed by atoms with van der Waals surface area (Å²) in [6, 6.07) is 7.35. The Kier molecular flexibility index (Phi) is 8.23. The molecule has 0 aliphatic carbocycles. The third-order valence-electron chi connectivity index (χ3n) is 9.00. The number of rotatable bonds is 7. The minimum absolute atomic E-state index is 0.116. The van der Waals surface area contributed by atoms with Crippen LogP contribution >= 0.6 is 0 Å². The van der Waals surface area contributed by atoms with Crippen LogP contribution in [-0.2, 0) is 23.2 Å². The lowest BCUT2D eigenvalue weighted by Crippen LogP contribution is -2.51. The fourth-order valence-corrected chi connectivity index (χ4v) is 6.36. The van der Waals surface area contributed by atoms with Crippen molar-refractivity contribution in [2.75, 3.05) is 55.0 Å². The lowest BCUT2D eigenvalue weighted by Gasteiger charge is -2.41. The molecule has 2 saturated heterocycles. The molecule has 2 N–H and O–H groups in total. The first-order valence-corrected chi connectivity index (χ1v) is 15.3. The lowest BCUT2D eigenvalue weighted by atomic mass is 9.81. The third-order valence-corrected chi connectivity index (χ3v) is 9.00. The highest BCUT2D eigenvalue weighted by Crippen LogP contribution is 2.36. The fraction of sp³-hybridized carbons (Fsp3) is 0.412. The van der Waals surface area contributed by atoms with Crippen LogP contribution < -0.4 is 20.7 Å². The van der Waals surface area contributed by atoms with E-state index < -0.39 is 0 Å². The van der Waals surface area contributed by atoms with Gasteiger partial charge >= 0.3 is 0 Å². The number of nitrogens with one attached hydrogen (secondary N) is 1. The Morgan fingerprint density at radius 1 is 1.11 bits per heavy atom. The predicted molar refractivity (Wildman–Crippen MR) is 176 cm³/mol. The van der Waals surface area contributed by atoms with Crippen LogP contribution in [-0.4, -0.2) is 76.4 Å². The molecule has 1 amide bonds. The molecule has 3 aromatic rings. The van der Waals surface area contributed by atoms with Crippen LogP contribution in [0.2, 0.25) is 0 Å². The summed E-state index contributed by atoms with van der Waals surface area (Å²) in [6.07, 6.45) is 9.07. The first kappa shape index (κ1) is 30.5. The third kappa shape index (κ3) is 6.10. The summed E-state index contributed by atoms with van der Waals surface area (Å²) >= 11 is 0. The van der Waals surface area contributed by atoms with Crippen LogP contribution in [0.4, 0.5) is 23.0 Å². The Morgan fingerprint density at radius 3 is 2.62 bits per heavy atom. The van der Waals surface area contributed by atoms with Gasteiger partial charge in [0.1, 0.15) is 23.0 Å². The van der Waals surface area contributed by atoms with E-state index in [0.717, 1.165) is 43.7 Å². The number of ether oxygens (including phenoxy) is 1. The highest BCUT2D eigenvalue weighted by molar-refractivity contribution is 6.06. The van der Waals surface area contributed by atoms with E-state index in [4.69, 9.17) is 4.74 Å². The molecule has 11 nitrogen and oxygen atoms in total. The average molecular weight is 612 g/mol. The van der Waals surface area contributed by atoms with E-state index in [-0.39, 0.29) is 29.6 Å². The maximum Gasteiger partial charge on any atom is 0.275 e. The fourth-order valence-electron chi connectivity index (χ4n) is 6.36. The number of allylic oxidation sites excluding steroid dienone is 2. The summed E-state index contributed by atoms with van der Waals surface area (Å²) in [6.45, 7) is 11.9. The quantitative estimate of drug-likeness (QED) is 0.411. The van der Waals surface area contributed by atoms with Crippen molar-refractivity contribution in [2.45, 2.75) is 39.4 Å². The first-order valence-electron chi connectivity index (χ1n) is 15.3. The number of amides is 1. The second-order valence-electron chi connectivity index (χ2n) is 12.9. The number of hydrogen-bond acceptors (Lipinski definition) is 9. The van der Waals surface area contributed by atoms with Crippen LogP contribution in [0, 0.1) is 5.41 Å². The minimum Gasteiger partial charge on any atom is -0.392 e. The number of hydrogen-bond donors (Lipinski definition) is 2. The predicted octanol–water partition coefficient (Wildman–Crippen LogP) is 3.82. The van der Waals surface area contributed by atoms with Gasteiger partial charge in [-0.05, 0) is 54.2 Å². The van der Waals surface area contributed by atoms with Crippen molar-refractivity contribution < 1.29 is 14.6 Å². The zero-order valence-corrected chi connectivity index (χ0v) is 26.4. The number of aromatic nitrogens is 3. The Hall–Kier alpha value is -4.48. The molecule has 11 heteroatoms. The number of nitrogens with zero attached hydrogens (tertiary/aromatic N) is 6. The largest absolute Gasteiger partial charge is 0.392 e. The molecule has 0 spiro atoms. The van der Waals surface area contributed by atoms with Crippen molar-refractivity contribution in [3.63, 3.8) is 0 Å². The van der Waals surface area contributed by atoms with E-state index in [2.05, 4.69) is 45.5 Å². The highest BCUT2D eigenvalue weighted by atomic mass is 16.5. The number of anilines is 4. The Labute approximate surface area is 263 Å². The number of aliphatic hydroxyl groups is 1. The molecule has 0 radical (unpaired) electrons. The molecule has 6 heterocycles. The molecule has 0 bridgehead atoms. The minimum atomic E-state index is -0.332. The molecule has 3 aliphatic rings. The highest BCUT2D eigenvalue weighted by Gasteiger charge is 2.35. The van der Waals surface area contributed by atoms with Crippen LogP contribution in [0.15, 0.2) is 71.6 Å². The topological polar surface area (TPSA) is 116 Å². The normalized spacial score (nSPS) is 19.8. The monoisotopic (exact) mass is 611 g/mol. The molecule has 0 unspecified atom stereocenters. The Bertz CT molecular complexity index is 1710. The molecule has 0 aromatic carbocycles. The second kappa shape index (κ2) is 12.1. The van der Waals surface area contributed by atoms with Gasteiger partial charge in [-0.2, -0.15) is 0 Å². The van der Waals surface area contributed by atoms with Crippen molar-refractivity contribution in [1.29, 1.82) is 0 Å². The number of methoxy groups -OCH3 is 1. The van der Waals surface area contributed by atoms with E-state index in [1.54, 1.807) is 49.8 Å². The molecule has 0 saturated carbocycles. The molecule has 2 fully saturated rings. The van der Waals surface area contributed by atoms with Gasteiger partial charge in [-0.25, -0.2) is 9.97 Å². The number of pyridine rings is 3. The van der Waals surface area contributed by atoms with E-state index >= 15 is 0 Å². The summed E-state index contributed by atoms with van der Waals surface area (Å²) in [7, 11) is 3.40. The molecule has 6 rings (SSSR count). The SMILES string of the molecule is C=C1/C=C2/C(=O)N(c3nccc(-c4cc(Nc5ccc(N6CC(OC)C6)cn5)c(=O)n(C)c4)c3CO)CCN2CCC(C)(C)C1. The number of piperazine rings is 1. The summed E-state index contributed by atoms with van der Waals surface area (Å²) in [4.78, 5) is 42.1. The van der Waals surface area contributed by atoms with Crippen LogP contribution in [0.1, 0.15) is 32.3 Å². The first-order chi connectivity index (χ1) is 21.6. The van der Waals surface area contributed by atoms with Gasteiger partial charge in [-0.3, -0.25) is 14.5 Å². The standard InChI is InChI=1S/C34H41N7O4/c1-22-14-29-33(44)41(13-12-39(29)11-9-34(2,3)16-22)31-27(21-42)26(8-10-35-31)23-15-28(32(43)38(4)18-23)37-30-7-6-24(17-36-30)40-19-25(20-40)45-5/h6-8,10,14-15,17-18,25,42H,1,9,11-13,16,19-21H2,2-5H3,(H,36,37)/b29-14-. The molecule has 45 heavy (non-hydrogen) atoms. The van der Waals surface area contributed by atoms with Gasteiger partial charge in [0.05, 0.1) is 24.6 Å². The number of fused-ring (bicyclic) bond motifs is 1. The summed E-state index contributed by atoms with van der Waals surface area (Å²) in [5.41, 5.74) is 4.65. The van der Waals surface area contributed by atoms with Gasteiger partial charge in [-0.1, -0.05) is 26.0 Å². The number of carbonyl (C=O) groups is 1. The number of aryl methyl sites for hydroxylation is 1. The second-order valence-corrected chi connectivity index (χ2v) is 12.9. The zero-order valence-electron chi connectivity index (χ0n) is 26.4. The van der Waals surface area contributed by atoms with Crippen molar-refractivity contribution >= 4 is 28.9 Å². The van der Waals surface area contributed by atoms with E-state index in [9.17, 15) is 14.7 Å². The van der Waals surface area contributed by atoms with E-state index in [1.165, 1.54) is 4.57 Å². The summed E-state index contributed by atoms with van der Waals surface area (Å²) < 4.78 is 6.85. The lowest BCUT2D eigenvalue weighted by molar-refractivity contribution is -0.118. The van der Waals surface area contributed by atoms with Crippen LogP contribution in [0.25, 0.3) is 11.1 Å². The molecule has 3 aliphatic heterocycles. The molecular weight excluding hydrogens is 570 g/mol. The average Bonchev–Trinajstić information content (AvgIpc) is 2.98. The molecular formula is C34H41N7O4.